The monoisotopic (exact) mass is 362 g/mol. The third kappa shape index (κ3) is 4.95. The van der Waals surface area contributed by atoms with E-state index in [4.69, 9.17) is 11.5 Å². The molecule has 0 aromatic heterocycles. The molecule has 1 saturated heterocycles. The number of carbonyl (C=O) groups excluding carboxylic acids is 2. The van der Waals surface area contributed by atoms with Crippen molar-refractivity contribution in [3.63, 3.8) is 0 Å². The molecule has 0 aliphatic carbocycles. The number of nitrogens with one attached hydrogen (secondary N) is 1. The molecule has 0 radical (unpaired) electrons. The van der Waals surface area contributed by atoms with Crippen molar-refractivity contribution >= 4 is 23.5 Å². The first-order chi connectivity index (χ1) is 12.4. The Labute approximate surface area is 152 Å². The molecule has 2 rings (SSSR count). The average molecular weight is 362 g/mol. The van der Waals surface area contributed by atoms with Crippen LogP contribution in [0.15, 0.2) is 24.3 Å². The van der Waals surface area contributed by atoms with Crippen molar-refractivity contribution < 1.29 is 19.5 Å². The summed E-state index contributed by atoms with van der Waals surface area (Å²) < 4.78 is 0. The zero-order valence-electron chi connectivity index (χ0n) is 14.7. The average Bonchev–Trinajstić information content (AvgIpc) is 3.10. The van der Waals surface area contributed by atoms with Crippen molar-refractivity contribution in [1.82, 2.24) is 10.2 Å². The molecule has 1 aliphatic rings. The first-order valence-corrected chi connectivity index (χ1v) is 8.83. The molecule has 1 aliphatic heterocycles. The van der Waals surface area contributed by atoms with E-state index in [1.54, 1.807) is 24.3 Å². The number of aliphatic carboxylic acids is 1. The highest BCUT2D eigenvalue weighted by Gasteiger charge is 2.36. The number of benzene rings is 1. The Morgan fingerprint density at radius 2 is 1.92 bits per heavy atom. The van der Waals surface area contributed by atoms with Crippen LogP contribution in [0.5, 0.6) is 0 Å². The number of rotatable bonds is 8. The second-order valence-electron chi connectivity index (χ2n) is 6.46. The van der Waals surface area contributed by atoms with Gasteiger partial charge in [-0.2, -0.15) is 0 Å². The van der Waals surface area contributed by atoms with Crippen LogP contribution in [0.4, 0.5) is 5.69 Å². The van der Waals surface area contributed by atoms with Crippen molar-refractivity contribution in [3.05, 3.63) is 29.8 Å². The lowest BCUT2D eigenvalue weighted by molar-refractivity contribution is -0.142. The fraction of sp³-hybridized carbons (Fsp3) is 0.500. The number of carbonyl (C=O) groups is 3. The molecule has 1 unspecified atom stereocenters. The highest BCUT2D eigenvalue weighted by Crippen LogP contribution is 2.21. The summed E-state index contributed by atoms with van der Waals surface area (Å²) in [4.78, 5) is 38.1. The third-order valence-corrected chi connectivity index (χ3v) is 4.54. The maximum Gasteiger partial charge on any atom is 0.326 e. The SMILES string of the molecule is NCCCCC(NC(=O)[C@@H]1CCCN1C(=O)c1ccc(N)cc1)C(=O)O. The van der Waals surface area contributed by atoms with Gasteiger partial charge in [-0.3, -0.25) is 9.59 Å². The molecule has 2 amide bonds. The fourth-order valence-electron chi connectivity index (χ4n) is 3.09. The first kappa shape index (κ1) is 19.7. The van der Waals surface area contributed by atoms with Gasteiger partial charge in [0.25, 0.3) is 5.91 Å². The predicted molar refractivity (Wildman–Crippen MR) is 97.4 cm³/mol. The van der Waals surface area contributed by atoms with Gasteiger partial charge in [-0.25, -0.2) is 4.79 Å². The first-order valence-electron chi connectivity index (χ1n) is 8.83. The van der Waals surface area contributed by atoms with Crippen molar-refractivity contribution in [3.8, 4) is 0 Å². The van der Waals surface area contributed by atoms with Gasteiger partial charge in [-0.1, -0.05) is 0 Å². The van der Waals surface area contributed by atoms with Gasteiger partial charge in [0.2, 0.25) is 5.91 Å². The molecular weight excluding hydrogens is 336 g/mol. The number of unbranched alkanes of at least 4 members (excludes halogenated alkanes) is 1. The number of likely N-dealkylation sites (tertiary alicyclic amines) is 1. The Morgan fingerprint density at radius 3 is 2.54 bits per heavy atom. The van der Waals surface area contributed by atoms with Crippen LogP contribution in [-0.2, 0) is 9.59 Å². The molecule has 0 bridgehead atoms. The number of hydrogen-bond donors (Lipinski definition) is 4. The molecule has 1 heterocycles. The van der Waals surface area contributed by atoms with E-state index in [-0.39, 0.29) is 5.91 Å². The molecule has 142 valence electrons. The van der Waals surface area contributed by atoms with E-state index in [1.165, 1.54) is 4.90 Å². The van der Waals surface area contributed by atoms with E-state index in [1.807, 2.05) is 0 Å². The maximum atomic E-state index is 12.7. The lowest BCUT2D eigenvalue weighted by atomic mass is 10.1. The Kier molecular flexibility index (Phi) is 6.97. The number of nitrogens with zero attached hydrogens (tertiary/aromatic N) is 1. The summed E-state index contributed by atoms with van der Waals surface area (Å²) in [6, 6.07) is 4.89. The zero-order valence-corrected chi connectivity index (χ0v) is 14.7. The van der Waals surface area contributed by atoms with E-state index in [9.17, 15) is 19.5 Å². The molecule has 6 N–H and O–H groups in total. The van der Waals surface area contributed by atoms with Crippen molar-refractivity contribution in [2.45, 2.75) is 44.2 Å². The van der Waals surface area contributed by atoms with Crippen LogP contribution >= 0.6 is 0 Å². The van der Waals surface area contributed by atoms with Crippen LogP contribution in [0.25, 0.3) is 0 Å². The second-order valence-corrected chi connectivity index (χ2v) is 6.46. The smallest absolute Gasteiger partial charge is 0.326 e. The summed E-state index contributed by atoms with van der Waals surface area (Å²) in [5, 5.41) is 11.9. The van der Waals surface area contributed by atoms with Crippen LogP contribution in [0.3, 0.4) is 0 Å². The quantitative estimate of drug-likeness (QED) is 0.394. The van der Waals surface area contributed by atoms with Crippen LogP contribution in [-0.4, -0.2) is 53.0 Å². The minimum Gasteiger partial charge on any atom is -0.480 e. The van der Waals surface area contributed by atoms with Crippen molar-refractivity contribution in [1.29, 1.82) is 0 Å². The van der Waals surface area contributed by atoms with Crippen LogP contribution in [0.1, 0.15) is 42.5 Å². The summed E-state index contributed by atoms with van der Waals surface area (Å²) in [6.07, 6.45) is 2.85. The minimum atomic E-state index is -1.08. The molecule has 8 nitrogen and oxygen atoms in total. The van der Waals surface area contributed by atoms with E-state index in [2.05, 4.69) is 5.32 Å². The lowest BCUT2D eigenvalue weighted by Gasteiger charge is -2.25. The number of carboxylic acid groups (broad SMARTS) is 1. The molecule has 8 heteroatoms. The molecular formula is C18H26N4O4. The number of nitrogens with two attached hydrogens (primary N) is 2. The second kappa shape index (κ2) is 9.19. The fourth-order valence-corrected chi connectivity index (χ4v) is 3.09. The molecule has 1 fully saturated rings. The Hall–Kier alpha value is -2.61. The maximum absolute atomic E-state index is 12.7. The topological polar surface area (TPSA) is 139 Å². The molecule has 0 spiro atoms. The molecule has 0 saturated carbocycles. The number of anilines is 1. The van der Waals surface area contributed by atoms with Gasteiger partial charge < -0.3 is 26.8 Å². The van der Waals surface area contributed by atoms with Crippen LogP contribution in [0, 0.1) is 0 Å². The lowest BCUT2D eigenvalue weighted by Crippen LogP contribution is -2.50. The minimum absolute atomic E-state index is 0.252. The molecule has 26 heavy (non-hydrogen) atoms. The van der Waals surface area contributed by atoms with Crippen molar-refractivity contribution in [2.75, 3.05) is 18.8 Å². The Balaban J connectivity index is 2.03. The Morgan fingerprint density at radius 1 is 1.23 bits per heavy atom. The van der Waals surface area contributed by atoms with Gasteiger partial charge in [-0.15, -0.1) is 0 Å². The summed E-state index contributed by atoms with van der Waals surface area (Å²) in [5.41, 5.74) is 12.1. The highest BCUT2D eigenvalue weighted by atomic mass is 16.4. The van der Waals surface area contributed by atoms with Gasteiger partial charge in [0.15, 0.2) is 0 Å². The molecule has 2 atom stereocenters. The van der Waals surface area contributed by atoms with Gasteiger partial charge in [0, 0.05) is 17.8 Å². The van der Waals surface area contributed by atoms with Gasteiger partial charge in [0.1, 0.15) is 12.1 Å². The van der Waals surface area contributed by atoms with E-state index in [0.29, 0.717) is 56.4 Å². The number of carboxylic acids is 1. The van der Waals surface area contributed by atoms with Gasteiger partial charge in [0.05, 0.1) is 0 Å². The normalized spacial score (nSPS) is 17.7. The van der Waals surface area contributed by atoms with Crippen molar-refractivity contribution in [2.24, 2.45) is 5.73 Å². The van der Waals surface area contributed by atoms with E-state index < -0.39 is 24.0 Å². The molecule has 1 aromatic carbocycles. The Bertz CT molecular complexity index is 647. The van der Waals surface area contributed by atoms with Crippen LogP contribution in [0.2, 0.25) is 0 Å². The number of hydrogen-bond acceptors (Lipinski definition) is 5. The third-order valence-electron chi connectivity index (χ3n) is 4.54. The summed E-state index contributed by atoms with van der Waals surface area (Å²) in [6.45, 7) is 0.943. The van der Waals surface area contributed by atoms with Crippen LogP contribution < -0.4 is 16.8 Å². The standard InChI is InChI=1S/C18H26N4O4/c19-10-2-1-4-14(18(25)26)21-16(23)15-5-3-11-22(15)17(24)12-6-8-13(20)9-7-12/h6-9,14-15H,1-5,10-11,19-20H2,(H,21,23)(H,25,26)/t14?,15-/m0/s1. The van der Waals surface area contributed by atoms with E-state index in [0.717, 1.165) is 0 Å². The summed E-state index contributed by atoms with van der Waals surface area (Å²) >= 11 is 0. The number of nitrogen functional groups attached to an aromatic ring is 1. The predicted octanol–water partition coefficient (Wildman–Crippen LogP) is 0.572. The largest absolute Gasteiger partial charge is 0.480 e. The van der Waals surface area contributed by atoms with E-state index >= 15 is 0 Å². The summed E-state index contributed by atoms with van der Waals surface area (Å²) in [5.74, 6) is -1.76. The van der Waals surface area contributed by atoms with Gasteiger partial charge in [-0.05, 0) is 62.9 Å². The molecule has 1 aromatic rings. The van der Waals surface area contributed by atoms with Gasteiger partial charge >= 0.3 is 5.97 Å². The summed E-state index contributed by atoms with van der Waals surface area (Å²) in [7, 11) is 0. The highest BCUT2D eigenvalue weighted by molar-refractivity contribution is 5.98. The number of amides is 2. The zero-order chi connectivity index (χ0) is 19.1.